The molecular weight excluding hydrogens is 354 g/mol. The number of aliphatic hydroxyl groups is 2. The number of carbonyl (C=O) groups is 1. The van der Waals surface area contributed by atoms with Crippen LogP contribution in [0.15, 0.2) is 78.9 Å². The Morgan fingerprint density at radius 1 is 0.821 bits per heavy atom. The summed E-state index contributed by atoms with van der Waals surface area (Å²) in [4.78, 5) is 12.6. The van der Waals surface area contributed by atoms with E-state index in [1.165, 1.54) is 0 Å². The fraction of sp³-hybridized carbons (Fsp3) is 0.136. The maximum atomic E-state index is 12.6. The van der Waals surface area contributed by atoms with Gasteiger partial charge in [-0.3, -0.25) is 4.79 Å². The number of aliphatic hydroxyl groups excluding tert-OH is 2. The second kappa shape index (κ2) is 9.55. The average molecular weight is 377 g/mol. The Morgan fingerprint density at radius 2 is 1.43 bits per heavy atom. The largest absolute Gasteiger partial charge is 0.394 e. The summed E-state index contributed by atoms with van der Waals surface area (Å²) >= 11 is 0. The molecule has 0 aromatic heterocycles. The Kier molecular flexibility index (Phi) is 6.62. The fourth-order valence-electron chi connectivity index (χ4n) is 2.65. The first-order valence-electron chi connectivity index (χ1n) is 9.01. The lowest BCUT2D eigenvalue weighted by atomic mass is 10.1. The van der Waals surface area contributed by atoms with Crippen molar-refractivity contribution >= 4 is 28.7 Å². The van der Waals surface area contributed by atoms with Crippen LogP contribution in [0.5, 0.6) is 0 Å². The van der Waals surface area contributed by atoms with Gasteiger partial charge in [-0.2, -0.15) is 0 Å². The Morgan fingerprint density at radius 3 is 2.14 bits per heavy atom. The van der Waals surface area contributed by atoms with Gasteiger partial charge in [-0.1, -0.05) is 30.3 Å². The lowest BCUT2D eigenvalue weighted by molar-refractivity contribution is 0.102. The smallest absolute Gasteiger partial charge is 0.257 e. The highest BCUT2D eigenvalue weighted by Gasteiger charge is 2.12. The molecule has 3 aromatic rings. The van der Waals surface area contributed by atoms with Crippen LogP contribution in [-0.2, 0) is 0 Å². The maximum absolute atomic E-state index is 12.6. The molecule has 0 fully saturated rings. The molecule has 0 heterocycles. The second-order valence-electron chi connectivity index (χ2n) is 6.29. The molecule has 1 amide bonds. The molecule has 0 aliphatic heterocycles. The third kappa shape index (κ3) is 5.33. The molecule has 3 rings (SSSR count). The summed E-state index contributed by atoms with van der Waals surface area (Å²) in [5.74, 6) is -0.259. The highest BCUT2D eigenvalue weighted by atomic mass is 16.3. The van der Waals surface area contributed by atoms with Crippen molar-refractivity contribution in [1.82, 2.24) is 0 Å². The first kappa shape index (κ1) is 19.4. The summed E-state index contributed by atoms with van der Waals surface area (Å²) in [5, 5.41) is 27.6. The number of rotatable bonds is 8. The van der Waals surface area contributed by atoms with Gasteiger partial charge in [0.2, 0.25) is 0 Å². The standard InChI is InChI=1S/C22H23N3O3/c26-15-19(27)14-23-21-9-5-4-8-20(21)22(28)25-18-12-10-17(11-13-18)24-16-6-2-1-3-7-16/h1-13,19,23-24,26-27H,14-15H2,(H,25,28). The van der Waals surface area contributed by atoms with Gasteiger partial charge in [0.25, 0.3) is 5.91 Å². The highest BCUT2D eigenvalue weighted by molar-refractivity contribution is 6.08. The Labute approximate surface area is 163 Å². The molecule has 0 saturated carbocycles. The van der Waals surface area contributed by atoms with Gasteiger partial charge >= 0.3 is 0 Å². The van der Waals surface area contributed by atoms with Crippen molar-refractivity contribution < 1.29 is 15.0 Å². The van der Waals surface area contributed by atoms with E-state index in [1.54, 1.807) is 24.3 Å². The van der Waals surface area contributed by atoms with Crippen LogP contribution < -0.4 is 16.0 Å². The minimum atomic E-state index is -0.888. The number of hydrogen-bond donors (Lipinski definition) is 5. The van der Waals surface area contributed by atoms with E-state index in [1.807, 2.05) is 54.6 Å². The van der Waals surface area contributed by atoms with Crippen molar-refractivity contribution in [2.75, 3.05) is 29.1 Å². The Bertz CT molecular complexity index is 898. The van der Waals surface area contributed by atoms with E-state index in [0.717, 1.165) is 11.4 Å². The van der Waals surface area contributed by atoms with Gasteiger partial charge < -0.3 is 26.2 Å². The van der Waals surface area contributed by atoms with Crippen molar-refractivity contribution in [1.29, 1.82) is 0 Å². The zero-order chi connectivity index (χ0) is 19.8. The molecule has 0 aliphatic carbocycles. The van der Waals surface area contributed by atoms with Crippen molar-refractivity contribution in [3.63, 3.8) is 0 Å². The van der Waals surface area contributed by atoms with E-state index in [9.17, 15) is 9.90 Å². The Hall–Kier alpha value is -3.35. The molecule has 28 heavy (non-hydrogen) atoms. The molecule has 0 aliphatic rings. The number of hydrogen-bond acceptors (Lipinski definition) is 5. The summed E-state index contributed by atoms with van der Waals surface area (Å²) in [6, 6.07) is 24.3. The van der Waals surface area contributed by atoms with Crippen LogP contribution in [0.25, 0.3) is 0 Å². The lowest BCUT2D eigenvalue weighted by Gasteiger charge is -2.14. The van der Waals surface area contributed by atoms with E-state index in [2.05, 4.69) is 16.0 Å². The molecule has 6 heteroatoms. The molecule has 0 radical (unpaired) electrons. The van der Waals surface area contributed by atoms with Gasteiger partial charge in [0, 0.05) is 29.3 Å². The molecule has 0 bridgehead atoms. The number of benzene rings is 3. The summed E-state index contributed by atoms with van der Waals surface area (Å²) < 4.78 is 0. The van der Waals surface area contributed by atoms with Gasteiger partial charge in [0.05, 0.1) is 18.3 Å². The average Bonchev–Trinajstić information content (AvgIpc) is 2.74. The normalized spacial score (nSPS) is 11.5. The van der Waals surface area contributed by atoms with Crippen LogP contribution in [0.4, 0.5) is 22.7 Å². The van der Waals surface area contributed by atoms with Crippen LogP contribution >= 0.6 is 0 Å². The van der Waals surface area contributed by atoms with Crippen molar-refractivity contribution in [2.45, 2.75) is 6.10 Å². The molecule has 3 aromatic carbocycles. The number of para-hydroxylation sites is 2. The summed E-state index contributed by atoms with van der Waals surface area (Å²) in [5.41, 5.74) is 3.64. The Balaban J connectivity index is 1.65. The van der Waals surface area contributed by atoms with Crippen LogP contribution in [0, 0.1) is 0 Å². The quantitative estimate of drug-likeness (QED) is 0.415. The first-order valence-corrected chi connectivity index (χ1v) is 9.01. The zero-order valence-corrected chi connectivity index (χ0v) is 15.3. The van der Waals surface area contributed by atoms with E-state index in [0.29, 0.717) is 16.9 Å². The van der Waals surface area contributed by atoms with E-state index < -0.39 is 6.10 Å². The molecule has 5 N–H and O–H groups in total. The van der Waals surface area contributed by atoms with E-state index in [-0.39, 0.29) is 19.1 Å². The lowest BCUT2D eigenvalue weighted by Crippen LogP contribution is -2.24. The summed E-state index contributed by atoms with van der Waals surface area (Å²) in [7, 11) is 0. The first-order chi connectivity index (χ1) is 13.7. The van der Waals surface area contributed by atoms with Crippen molar-refractivity contribution in [2.24, 2.45) is 0 Å². The van der Waals surface area contributed by atoms with Crippen molar-refractivity contribution in [3.8, 4) is 0 Å². The van der Waals surface area contributed by atoms with Gasteiger partial charge in [-0.15, -0.1) is 0 Å². The molecule has 6 nitrogen and oxygen atoms in total. The number of carbonyl (C=O) groups excluding carboxylic acids is 1. The van der Waals surface area contributed by atoms with Crippen LogP contribution in [-0.4, -0.2) is 35.4 Å². The van der Waals surface area contributed by atoms with Crippen LogP contribution in [0.3, 0.4) is 0 Å². The number of anilines is 4. The van der Waals surface area contributed by atoms with Crippen LogP contribution in [0.1, 0.15) is 10.4 Å². The molecule has 0 saturated heterocycles. The predicted octanol–water partition coefficient (Wildman–Crippen LogP) is 3.45. The van der Waals surface area contributed by atoms with E-state index in [4.69, 9.17) is 5.11 Å². The van der Waals surface area contributed by atoms with Gasteiger partial charge in [0.1, 0.15) is 0 Å². The SMILES string of the molecule is O=C(Nc1ccc(Nc2ccccc2)cc1)c1ccccc1NCC(O)CO. The zero-order valence-electron chi connectivity index (χ0n) is 15.3. The second-order valence-corrected chi connectivity index (χ2v) is 6.29. The van der Waals surface area contributed by atoms with Crippen LogP contribution in [0.2, 0.25) is 0 Å². The minimum Gasteiger partial charge on any atom is -0.394 e. The monoisotopic (exact) mass is 377 g/mol. The number of amides is 1. The van der Waals surface area contributed by atoms with Gasteiger partial charge in [-0.05, 0) is 48.5 Å². The topological polar surface area (TPSA) is 93.6 Å². The molecular formula is C22H23N3O3. The highest BCUT2D eigenvalue weighted by Crippen LogP contribution is 2.21. The number of nitrogens with one attached hydrogen (secondary N) is 3. The molecule has 1 unspecified atom stereocenters. The maximum Gasteiger partial charge on any atom is 0.257 e. The molecule has 144 valence electrons. The van der Waals surface area contributed by atoms with Gasteiger partial charge in [0.15, 0.2) is 0 Å². The minimum absolute atomic E-state index is 0.153. The van der Waals surface area contributed by atoms with Gasteiger partial charge in [-0.25, -0.2) is 0 Å². The molecule has 0 spiro atoms. The van der Waals surface area contributed by atoms with Crippen molar-refractivity contribution in [3.05, 3.63) is 84.4 Å². The molecule has 1 atom stereocenters. The predicted molar refractivity (Wildman–Crippen MR) is 112 cm³/mol. The summed E-state index contributed by atoms with van der Waals surface area (Å²) in [6.07, 6.45) is -0.888. The fourth-order valence-corrected chi connectivity index (χ4v) is 2.65. The third-order valence-corrected chi connectivity index (χ3v) is 4.12. The van der Waals surface area contributed by atoms with E-state index >= 15 is 0 Å². The summed E-state index contributed by atoms with van der Waals surface area (Å²) in [6.45, 7) is -0.189. The third-order valence-electron chi connectivity index (χ3n) is 4.12.